The zero-order valence-corrected chi connectivity index (χ0v) is 14.7. The van der Waals surface area contributed by atoms with E-state index >= 15 is 0 Å². The predicted octanol–water partition coefficient (Wildman–Crippen LogP) is 0.745. The highest BCUT2D eigenvalue weighted by molar-refractivity contribution is 5.85. The fourth-order valence-corrected chi connectivity index (χ4v) is 3.42. The number of hydrogen-bond donors (Lipinski definition) is 3. The maximum absolute atomic E-state index is 12.4. The number of benzene rings is 1. The molecular formula is C17H23ClN4O3. The third kappa shape index (κ3) is 4.11. The number of hydrogen-bond acceptors (Lipinski definition) is 4. The van der Waals surface area contributed by atoms with Crippen molar-refractivity contribution in [3.8, 4) is 0 Å². The Morgan fingerprint density at radius 2 is 1.96 bits per heavy atom. The van der Waals surface area contributed by atoms with Crippen LogP contribution in [0.4, 0.5) is 0 Å². The lowest BCUT2D eigenvalue weighted by molar-refractivity contribution is -0.123. The number of amides is 1. The Labute approximate surface area is 151 Å². The minimum absolute atomic E-state index is 0. The molecule has 1 aliphatic carbocycles. The molecule has 7 nitrogen and oxygen atoms in total. The van der Waals surface area contributed by atoms with Gasteiger partial charge in [0.25, 0.3) is 5.56 Å². The molecule has 0 radical (unpaired) electrons. The van der Waals surface area contributed by atoms with Crippen molar-refractivity contribution in [1.29, 1.82) is 0 Å². The Morgan fingerprint density at radius 1 is 1.24 bits per heavy atom. The monoisotopic (exact) mass is 366 g/mol. The van der Waals surface area contributed by atoms with E-state index < -0.39 is 11.2 Å². The minimum atomic E-state index is -0.576. The molecule has 4 N–H and O–H groups in total. The summed E-state index contributed by atoms with van der Waals surface area (Å²) in [5.41, 5.74) is 5.21. The van der Waals surface area contributed by atoms with Crippen molar-refractivity contribution >= 4 is 29.2 Å². The Kier molecular flexibility index (Phi) is 6.39. The first kappa shape index (κ1) is 19.2. The average molecular weight is 367 g/mol. The lowest BCUT2D eigenvalue weighted by Gasteiger charge is -2.31. The van der Waals surface area contributed by atoms with E-state index in [0.717, 1.165) is 30.3 Å². The Bertz CT molecular complexity index is 861. The molecule has 0 bridgehead atoms. The summed E-state index contributed by atoms with van der Waals surface area (Å²) in [6.07, 6.45) is 4.06. The Balaban J connectivity index is 0.00000225. The van der Waals surface area contributed by atoms with E-state index in [9.17, 15) is 14.4 Å². The lowest BCUT2D eigenvalue weighted by Crippen LogP contribution is -2.48. The largest absolute Gasteiger partial charge is 0.351 e. The van der Waals surface area contributed by atoms with Crippen LogP contribution in [0.1, 0.15) is 25.7 Å². The zero-order chi connectivity index (χ0) is 17.1. The number of rotatable bonds is 4. The molecule has 1 aliphatic rings. The van der Waals surface area contributed by atoms with Crippen LogP contribution in [0.15, 0.2) is 33.9 Å². The first-order chi connectivity index (χ1) is 11.6. The van der Waals surface area contributed by atoms with E-state index in [1.807, 2.05) is 0 Å². The summed E-state index contributed by atoms with van der Waals surface area (Å²) in [6.45, 7) is 0.244. The van der Waals surface area contributed by atoms with Gasteiger partial charge in [-0.05, 0) is 37.4 Å². The van der Waals surface area contributed by atoms with Crippen molar-refractivity contribution < 1.29 is 4.79 Å². The summed E-state index contributed by atoms with van der Waals surface area (Å²) in [4.78, 5) is 39.5. The van der Waals surface area contributed by atoms with E-state index in [0.29, 0.717) is 17.4 Å². The maximum Gasteiger partial charge on any atom is 0.329 e. The number of aromatic amines is 1. The van der Waals surface area contributed by atoms with Gasteiger partial charge in [-0.25, -0.2) is 4.79 Å². The van der Waals surface area contributed by atoms with Gasteiger partial charge in [-0.1, -0.05) is 25.0 Å². The van der Waals surface area contributed by atoms with Gasteiger partial charge < -0.3 is 16.0 Å². The highest BCUT2D eigenvalue weighted by Crippen LogP contribution is 2.23. The van der Waals surface area contributed by atoms with Crippen LogP contribution in [0.2, 0.25) is 0 Å². The van der Waals surface area contributed by atoms with Crippen LogP contribution in [0.25, 0.3) is 10.9 Å². The first-order valence-corrected chi connectivity index (χ1v) is 8.31. The fourth-order valence-electron chi connectivity index (χ4n) is 3.42. The molecule has 8 heteroatoms. The van der Waals surface area contributed by atoms with Crippen molar-refractivity contribution in [3.63, 3.8) is 0 Å². The molecule has 2 aromatic rings. The summed E-state index contributed by atoms with van der Waals surface area (Å²) in [5.74, 6) is -0.0717. The summed E-state index contributed by atoms with van der Waals surface area (Å²) in [6, 6.07) is 6.78. The van der Waals surface area contributed by atoms with Crippen molar-refractivity contribution in [2.45, 2.75) is 38.3 Å². The number of fused-ring (bicyclic) bond motifs is 1. The molecule has 1 fully saturated rings. The molecule has 1 amide bonds. The quantitative estimate of drug-likeness (QED) is 0.741. The molecule has 25 heavy (non-hydrogen) atoms. The molecule has 1 heterocycles. The summed E-state index contributed by atoms with van der Waals surface area (Å²) >= 11 is 0. The molecule has 2 unspecified atom stereocenters. The molecule has 0 saturated heterocycles. The number of para-hydroxylation sites is 1. The molecule has 0 spiro atoms. The van der Waals surface area contributed by atoms with Gasteiger partial charge in [-0.15, -0.1) is 12.4 Å². The molecule has 0 aliphatic heterocycles. The molecular weight excluding hydrogens is 344 g/mol. The number of nitrogens with one attached hydrogen (secondary N) is 2. The normalized spacial score (nSPS) is 20.0. The Hall–Kier alpha value is -2.12. The Morgan fingerprint density at radius 3 is 2.72 bits per heavy atom. The smallest absolute Gasteiger partial charge is 0.329 e. The summed E-state index contributed by atoms with van der Waals surface area (Å²) in [5, 5.41) is 3.33. The third-order valence-corrected chi connectivity index (χ3v) is 4.75. The van der Waals surface area contributed by atoms with Crippen LogP contribution in [0.5, 0.6) is 0 Å². The maximum atomic E-state index is 12.4. The predicted molar refractivity (Wildman–Crippen MR) is 99.0 cm³/mol. The number of aromatic nitrogens is 2. The molecule has 1 aromatic carbocycles. The minimum Gasteiger partial charge on any atom is -0.351 e. The van der Waals surface area contributed by atoms with Crippen molar-refractivity contribution in [1.82, 2.24) is 14.9 Å². The van der Waals surface area contributed by atoms with Gasteiger partial charge in [0.1, 0.15) is 6.54 Å². The molecule has 3 rings (SSSR count). The second kappa shape index (κ2) is 8.31. The van der Waals surface area contributed by atoms with Crippen LogP contribution in [0, 0.1) is 5.92 Å². The zero-order valence-electron chi connectivity index (χ0n) is 13.9. The standard InChI is InChI=1S/C17H22N4O3.ClH/c18-9-11-5-1-3-7-13(11)19-15(22)10-21-16(23)12-6-2-4-8-14(12)20-17(21)24;/h2,4,6,8,11,13H,1,3,5,7,9-10,18H2,(H,19,22)(H,20,24);1H. The van der Waals surface area contributed by atoms with Gasteiger partial charge in [0, 0.05) is 6.04 Å². The van der Waals surface area contributed by atoms with Gasteiger partial charge in [-0.2, -0.15) is 0 Å². The lowest BCUT2D eigenvalue weighted by atomic mass is 9.84. The molecule has 1 saturated carbocycles. The number of carbonyl (C=O) groups excluding carboxylic acids is 1. The van der Waals surface area contributed by atoms with Gasteiger partial charge in [0.05, 0.1) is 10.9 Å². The first-order valence-electron chi connectivity index (χ1n) is 8.31. The number of halogens is 1. The van der Waals surface area contributed by atoms with Crippen LogP contribution in [0.3, 0.4) is 0 Å². The van der Waals surface area contributed by atoms with Gasteiger partial charge in [0.15, 0.2) is 0 Å². The fraction of sp³-hybridized carbons (Fsp3) is 0.471. The second-order valence-corrected chi connectivity index (χ2v) is 6.32. The second-order valence-electron chi connectivity index (χ2n) is 6.32. The number of H-pyrrole nitrogens is 1. The SMILES string of the molecule is Cl.NCC1CCCCC1NC(=O)Cn1c(=O)[nH]c2ccccc2c1=O. The molecule has 1 aromatic heterocycles. The van der Waals surface area contributed by atoms with E-state index in [4.69, 9.17) is 5.73 Å². The van der Waals surface area contributed by atoms with E-state index in [1.54, 1.807) is 24.3 Å². The van der Waals surface area contributed by atoms with Crippen LogP contribution in [-0.4, -0.2) is 28.0 Å². The summed E-state index contributed by atoms with van der Waals surface area (Å²) < 4.78 is 0.942. The average Bonchev–Trinajstić information content (AvgIpc) is 2.59. The van der Waals surface area contributed by atoms with Crippen molar-refractivity contribution in [2.75, 3.05) is 6.54 Å². The highest BCUT2D eigenvalue weighted by atomic mass is 35.5. The molecule has 2 atom stereocenters. The van der Waals surface area contributed by atoms with Crippen LogP contribution in [-0.2, 0) is 11.3 Å². The van der Waals surface area contributed by atoms with E-state index in [-0.39, 0.29) is 36.8 Å². The van der Waals surface area contributed by atoms with Gasteiger partial charge >= 0.3 is 5.69 Å². The van der Waals surface area contributed by atoms with Gasteiger partial charge in [0.2, 0.25) is 5.91 Å². The highest BCUT2D eigenvalue weighted by Gasteiger charge is 2.25. The molecule has 136 valence electrons. The van der Waals surface area contributed by atoms with Gasteiger partial charge in [-0.3, -0.25) is 14.2 Å². The van der Waals surface area contributed by atoms with E-state index in [2.05, 4.69) is 10.3 Å². The number of nitrogens with two attached hydrogens (primary N) is 1. The number of carbonyl (C=O) groups is 1. The van der Waals surface area contributed by atoms with Crippen molar-refractivity contribution in [2.24, 2.45) is 11.7 Å². The summed E-state index contributed by atoms with van der Waals surface area (Å²) in [7, 11) is 0. The van der Waals surface area contributed by atoms with Crippen LogP contribution < -0.4 is 22.3 Å². The topological polar surface area (TPSA) is 110 Å². The van der Waals surface area contributed by atoms with Crippen molar-refractivity contribution in [3.05, 3.63) is 45.1 Å². The van der Waals surface area contributed by atoms with Crippen LogP contribution >= 0.6 is 12.4 Å². The van der Waals surface area contributed by atoms with E-state index in [1.165, 1.54) is 0 Å². The third-order valence-electron chi connectivity index (χ3n) is 4.75. The number of nitrogens with zero attached hydrogens (tertiary/aromatic N) is 1.